The molecular formula is C12H12IN3O2. The molecule has 0 atom stereocenters. The average molecular weight is 357 g/mol. The van der Waals surface area contributed by atoms with Gasteiger partial charge in [-0.15, -0.1) is 0 Å². The van der Waals surface area contributed by atoms with Crippen molar-refractivity contribution in [2.24, 2.45) is 0 Å². The molecule has 0 saturated carbocycles. The number of aromatic nitrogens is 2. The molecule has 18 heavy (non-hydrogen) atoms. The molecule has 1 heterocycles. The topological polar surface area (TPSA) is 70.1 Å². The van der Waals surface area contributed by atoms with Gasteiger partial charge in [-0.1, -0.05) is 6.07 Å². The standard InChI is InChI=1S/C12H12IN3O2/c1-18-11-3-2-8(4-10(11)14)6-16-7-15-5-9(13)12(16)17/h2-5,7H,6,14H2,1H3. The molecule has 2 rings (SSSR count). The first-order valence-electron chi connectivity index (χ1n) is 5.24. The predicted molar refractivity (Wildman–Crippen MR) is 77.7 cm³/mol. The Kier molecular flexibility index (Phi) is 3.85. The molecule has 0 aliphatic heterocycles. The van der Waals surface area contributed by atoms with E-state index in [1.54, 1.807) is 30.0 Å². The van der Waals surface area contributed by atoms with Crippen molar-refractivity contribution in [3.8, 4) is 5.75 Å². The molecule has 0 bridgehead atoms. The lowest BCUT2D eigenvalue weighted by Crippen LogP contribution is -2.22. The Bertz CT molecular complexity index is 625. The number of rotatable bonds is 3. The Morgan fingerprint density at radius 2 is 2.28 bits per heavy atom. The molecule has 94 valence electrons. The first-order valence-corrected chi connectivity index (χ1v) is 6.32. The molecule has 0 spiro atoms. The number of ether oxygens (including phenoxy) is 1. The van der Waals surface area contributed by atoms with E-state index in [-0.39, 0.29) is 5.56 Å². The van der Waals surface area contributed by atoms with Gasteiger partial charge in [0.05, 0.1) is 29.2 Å². The Labute approximate surface area is 118 Å². The zero-order valence-electron chi connectivity index (χ0n) is 9.76. The second kappa shape index (κ2) is 5.38. The van der Waals surface area contributed by atoms with Gasteiger partial charge in [0.15, 0.2) is 0 Å². The van der Waals surface area contributed by atoms with Crippen LogP contribution in [-0.4, -0.2) is 16.7 Å². The second-order valence-corrected chi connectivity index (χ2v) is 4.91. The number of hydrogen-bond donors (Lipinski definition) is 1. The van der Waals surface area contributed by atoms with Crippen molar-refractivity contribution >= 4 is 28.3 Å². The molecule has 0 aliphatic rings. The van der Waals surface area contributed by atoms with Crippen LogP contribution >= 0.6 is 22.6 Å². The number of hydrogen-bond acceptors (Lipinski definition) is 4. The third kappa shape index (κ3) is 2.63. The Balaban J connectivity index is 2.32. The van der Waals surface area contributed by atoms with E-state index in [2.05, 4.69) is 4.98 Å². The Hall–Kier alpha value is -1.57. The van der Waals surface area contributed by atoms with Crippen LogP contribution in [0.4, 0.5) is 5.69 Å². The molecule has 0 aliphatic carbocycles. The van der Waals surface area contributed by atoms with Crippen LogP contribution in [0, 0.1) is 3.57 Å². The van der Waals surface area contributed by atoms with Crippen LogP contribution in [-0.2, 0) is 6.54 Å². The normalized spacial score (nSPS) is 10.3. The molecule has 0 saturated heterocycles. The van der Waals surface area contributed by atoms with Crippen molar-refractivity contribution < 1.29 is 4.74 Å². The number of nitrogens with zero attached hydrogens (tertiary/aromatic N) is 2. The summed E-state index contributed by atoms with van der Waals surface area (Å²) in [4.78, 5) is 15.8. The molecule has 0 fully saturated rings. The Morgan fingerprint density at radius 3 is 2.94 bits per heavy atom. The summed E-state index contributed by atoms with van der Waals surface area (Å²) in [5.41, 5.74) is 7.26. The van der Waals surface area contributed by atoms with E-state index in [0.29, 0.717) is 21.6 Å². The highest BCUT2D eigenvalue weighted by Crippen LogP contribution is 2.22. The molecule has 1 aromatic heterocycles. The fourth-order valence-electron chi connectivity index (χ4n) is 1.62. The van der Waals surface area contributed by atoms with Gasteiger partial charge in [0.25, 0.3) is 5.56 Å². The van der Waals surface area contributed by atoms with Crippen molar-refractivity contribution in [3.63, 3.8) is 0 Å². The zero-order chi connectivity index (χ0) is 13.1. The van der Waals surface area contributed by atoms with E-state index in [4.69, 9.17) is 10.5 Å². The van der Waals surface area contributed by atoms with Gasteiger partial charge in [0.2, 0.25) is 0 Å². The lowest BCUT2D eigenvalue weighted by molar-refractivity contribution is 0.417. The van der Waals surface area contributed by atoms with E-state index < -0.39 is 0 Å². The van der Waals surface area contributed by atoms with Gasteiger partial charge < -0.3 is 10.5 Å². The molecule has 6 heteroatoms. The highest BCUT2D eigenvalue weighted by Gasteiger charge is 2.04. The molecule has 2 N–H and O–H groups in total. The van der Waals surface area contributed by atoms with Crippen LogP contribution in [0.1, 0.15) is 5.56 Å². The van der Waals surface area contributed by atoms with E-state index in [1.165, 1.54) is 6.33 Å². The quantitative estimate of drug-likeness (QED) is 0.668. The first-order chi connectivity index (χ1) is 8.61. The summed E-state index contributed by atoms with van der Waals surface area (Å²) >= 11 is 1.97. The van der Waals surface area contributed by atoms with E-state index >= 15 is 0 Å². The molecule has 1 aromatic carbocycles. The Morgan fingerprint density at radius 1 is 1.50 bits per heavy atom. The van der Waals surface area contributed by atoms with Crippen molar-refractivity contribution in [2.75, 3.05) is 12.8 Å². The third-order valence-electron chi connectivity index (χ3n) is 2.51. The summed E-state index contributed by atoms with van der Waals surface area (Å²) in [6.07, 6.45) is 3.06. The number of halogens is 1. The van der Waals surface area contributed by atoms with Crippen LogP contribution in [0.3, 0.4) is 0 Å². The van der Waals surface area contributed by atoms with Crippen molar-refractivity contribution in [1.29, 1.82) is 0 Å². The molecule has 2 aromatic rings. The largest absolute Gasteiger partial charge is 0.495 e. The lowest BCUT2D eigenvalue weighted by atomic mass is 10.2. The molecule has 0 unspecified atom stereocenters. The van der Waals surface area contributed by atoms with Crippen LogP contribution in [0.25, 0.3) is 0 Å². The van der Waals surface area contributed by atoms with Crippen LogP contribution in [0.2, 0.25) is 0 Å². The van der Waals surface area contributed by atoms with Crippen LogP contribution in [0.5, 0.6) is 5.75 Å². The minimum atomic E-state index is -0.0556. The number of nitrogens with two attached hydrogens (primary N) is 1. The molecule has 0 radical (unpaired) electrons. The first kappa shape index (κ1) is 12.9. The monoisotopic (exact) mass is 357 g/mol. The third-order valence-corrected chi connectivity index (χ3v) is 3.25. The number of benzene rings is 1. The van der Waals surface area contributed by atoms with Crippen molar-refractivity contribution in [3.05, 3.63) is 50.2 Å². The average Bonchev–Trinajstić information content (AvgIpc) is 2.35. The minimum absolute atomic E-state index is 0.0556. The van der Waals surface area contributed by atoms with E-state index in [9.17, 15) is 4.79 Å². The summed E-state index contributed by atoms with van der Waals surface area (Å²) in [6, 6.07) is 5.46. The summed E-state index contributed by atoms with van der Waals surface area (Å²) in [5, 5.41) is 0. The van der Waals surface area contributed by atoms with Gasteiger partial charge in [0.1, 0.15) is 5.75 Å². The molecule has 0 amide bonds. The summed E-state index contributed by atoms with van der Waals surface area (Å²) < 4.78 is 7.22. The number of anilines is 1. The highest BCUT2D eigenvalue weighted by atomic mass is 127. The smallest absolute Gasteiger partial charge is 0.267 e. The second-order valence-electron chi connectivity index (χ2n) is 3.75. The number of methoxy groups -OCH3 is 1. The SMILES string of the molecule is COc1ccc(Cn2cncc(I)c2=O)cc1N. The lowest BCUT2D eigenvalue weighted by Gasteiger charge is -2.08. The van der Waals surface area contributed by atoms with Gasteiger partial charge in [-0.05, 0) is 40.3 Å². The van der Waals surface area contributed by atoms with Crippen LogP contribution in [0.15, 0.2) is 35.5 Å². The zero-order valence-corrected chi connectivity index (χ0v) is 11.9. The minimum Gasteiger partial charge on any atom is -0.495 e. The maximum absolute atomic E-state index is 11.8. The van der Waals surface area contributed by atoms with Gasteiger partial charge in [-0.2, -0.15) is 0 Å². The fourth-order valence-corrected chi connectivity index (χ4v) is 2.09. The summed E-state index contributed by atoms with van der Waals surface area (Å²) in [6.45, 7) is 0.441. The maximum atomic E-state index is 11.8. The molecular weight excluding hydrogens is 345 g/mol. The van der Waals surface area contributed by atoms with Gasteiger partial charge in [-0.3, -0.25) is 9.36 Å². The van der Waals surface area contributed by atoms with Gasteiger partial charge in [0, 0.05) is 6.20 Å². The summed E-state index contributed by atoms with van der Waals surface area (Å²) in [7, 11) is 1.57. The highest BCUT2D eigenvalue weighted by molar-refractivity contribution is 14.1. The van der Waals surface area contributed by atoms with Crippen molar-refractivity contribution in [2.45, 2.75) is 6.54 Å². The summed E-state index contributed by atoms with van der Waals surface area (Å²) in [5.74, 6) is 0.631. The van der Waals surface area contributed by atoms with Crippen molar-refractivity contribution in [1.82, 2.24) is 9.55 Å². The molecule has 5 nitrogen and oxygen atoms in total. The van der Waals surface area contributed by atoms with E-state index in [0.717, 1.165) is 5.56 Å². The predicted octanol–water partition coefficient (Wildman–Crippen LogP) is 1.49. The maximum Gasteiger partial charge on any atom is 0.267 e. The van der Waals surface area contributed by atoms with Crippen LogP contribution < -0.4 is 16.0 Å². The van der Waals surface area contributed by atoms with Gasteiger partial charge in [-0.25, -0.2) is 4.98 Å². The van der Waals surface area contributed by atoms with Gasteiger partial charge >= 0.3 is 0 Å². The van der Waals surface area contributed by atoms with E-state index in [1.807, 2.05) is 28.7 Å². The fraction of sp³-hybridized carbons (Fsp3) is 0.167. The number of nitrogen functional groups attached to an aromatic ring is 1.